The van der Waals surface area contributed by atoms with E-state index in [1.165, 1.54) is 16.7 Å². The largest absolute Gasteiger partial charge is 0.481 e. The number of nitrogens with one attached hydrogen (secondary N) is 2. The van der Waals surface area contributed by atoms with Crippen molar-refractivity contribution in [2.45, 2.75) is 49.9 Å². The molecule has 1 rings (SSSR count). The van der Waals surface area contributed by atoms with Crippen molar-refractivity contribution in [3.8, 4) is 0 Å². The van der Waals surface area contributed by atoms with Crippen molar-refractivity contribution in [3.63, 3.8) is 0 Å². The first-order chi connectivity index (χ1) is 14.1. The molecule has 0 radical (unpaired) electrons. The first-order valence-electron chi connectivity index (χ1n) is 9.33. The number of carbonyl (C=O) groups excluding carboxylic acids is 3. The predicted molar refractivity (Wildman–Crippen MR) is 107 cm³/mol. The van der Waals surface area contributed by atoms with Gasteiger partial charge in [0.2, 0.25) is 17.7 Å². The minimum Gasteiger partial charge on any atom is -0.481 e. The number of hydrogen-bond donors (Lipinski definition) is 6. The van der Waals surface area contributed by atoms with Gasteiger partial charge in [0.15, 0.2) is 0 Å². The second-order valence-corrected chi connectivity index (χ2v) is 7.80. The number of aliphatic hydroxyl groups excluding tert-OH is 1. The maximum Gasteiger partial charge on any atom is 0.326 e. The molecule has 0 bridgehead atoms. The van der Waals surface area contributed by atoms with E-state index in [2.05, 4.69) is 10.6 Å². The van der Waals surface area contributed by atoms with Crippen molar-refractivity contribution in [1.82, 2.24) is 15.5 Å². The van der Waals surface area contributed by atoms with Gasteiger partial charge in [-0.1, -0.05) is 0 Å². The Morgan fingerprint density at radius 3 is 2.30 bits per heavy atom. The number of hydrogen-bond acceptors (Lipinski definition) is 8. The van der Waals surface area contributed by atoms with Gasteiger partial charge in [-0.2, -0.15) is 11.8 Å². The van der Waals surface area contributed by atoms with E-state index in [0.29, 0.717) is 18.6 Å². The summed E-state index contributed by atoms with van der Waals surface area (Å²) in [6.45, 7) is -0.463. The number of nitrogens with zero attached hydrogens (tertiary/aromatic N) is 1. The van der Waals surface area contributed by atoms with Crippen molar-refractivity contribution in [2.75, 3.05) is 25.2 Å². The van der Waals surface area contributed by atoms with Gasteiger partial charge < -0.3 is 36.6 Å². The Bertz CT molecular complexity index is 662. The molecule has 0 aromatic rings. The number of aliphatic hydroxyl groups is 1. The van der Waals surface area contributed by atoms with Gasteiger partial charge in [-0.05, 0) is 31.3 Å². The summed E-state index contributed by atoms with van der Waals surface area (Å²) < 4.78 is 0. The Kier molecular flexibility index (Phi) is 10.6. The summed E-state index contributed by atoms with van der Waals surface area (Å²) in [4.78, 5) is 61.1. The molecule has 4 unspecified atom stereocenters. The van der Waals surface area contributed by atoms with E-state index in [9.17, 15) is 29.1 Å². The SMILES string of the molecule is CSCCC(NC(=O)C(CC(=O)O)NC(=O)C(N)CO)C(=O)N1CCCC1C(=O)O. The molecule has 1 aliphatic rings. The number of carboxylic acids is 2. The molecule has 1 heterocycles. The molecule has 4 atom stereocenters. The van der Waals surface area contributed by atoms with Gasteiger partial charge in [-0.3, -0.25) is 19.2 Å². The molecule has 1 aliphatic heterocycles. The van der Waals surface area contributed by atoms with E-state index in [0.717, 1.165) is 0 Å². The third-order valence-corrected chi connectivity index (χ3v) is 5.24. The number of rotatable bonds is 12. The maximum atomic E-state index is 12.9. The number of thioether (sulfide) groups is 1. The van der Waals surface area contributed by atoms with Crippen LogP contribution in [0.2, 0.25) is 0 Å². The zero-order valence-electron chi connectivity index (χ0n) is 16.6. The van der Waals surface area contributed by atoms with Crippen LogP contribution >= 0.6 is 11.8 Å². The van der Waals surface area contributed by atoms with Crippen LogP contribution in [0.4, 0.5) is 0 Å². The van der Waals surface area contributed by atoms with Gasteiger partial charge in [0, 0.05) is 6.54 Å². The maximum absolute atomic E-state index is 12.9. The highest BCUT2D eigenvalue weighted by Gasteiger charge is 2.38. The molecule has 12 nitrogen and oxygen atoms in total. The summed E-state index contributed by atoms with van der Waals surface area (Å²) in [5.41, 5.74) is 5.38. The van der Waals surface area contributed by atoms with Gasteiger partial charge >= 0.3 is 11.9 Å². The van der Waals surface area contributed by atoms with Crippen LogP contribution in [0.3, 0.4) is 0 Å². The molecule has 13 heteroatoms. The average molecular weight is 448 g/mol. The number of carboxylic acid groups (broad SMARTS) is 2. The van der Waals surface area contributed by atoms with E-state index in [-0.39, 0.29) is 13.0 Å². The molecule has 0 aromatic carbocycles. The number of nitrogens with two attached hydrogens (primary N) is 1. The lowest BCUT2D eigenvalue weighted by molar-refractivity contribution is -0.149. The van der Waals surface area contributed by atoms with Gasteiger partial charge in [0.1, 0.15) is 24.2 Å². The van der Waals surface area contributed by atoms with Gasteiger partial charge in [-0.25, -0.2) is 4.79 Å². The summed E-state index contributed by atoms with van der Waals surface area (Å²) in [5.74, 6) is -4.43. The van der Waals surface area contributed by atoms with Gasteiger partial charge in [0.05, 0.1) is 13.0 Å². The normalized spacial score (nSPS) is 18.9. The Balaban J connectivity index is 2.97. The Labute approximate surface area is 177 Å². The standard InChI is InChI=1S/C17H28N4O8S/c1-30-6-4-10(16(27)21-5-2-3-12(21)17(28)29)19-15(26)11(7-13(23)24)20-14(25)9(18)8-22/h9-12,22H,2-8,18H2,1H3,(H,19,26)(H,20,25)(H,23,24)(H,28,29). The first kappa shape index (κ1) is 25.7. The second kappa shape index (κ2) is 12.3. The first-order valence-corrected chi connectivity index (χ1v) is 10.7. The molecule has 1 fully saturated rings. The van der Waals surface area contributed by atoms with E-state index in [4.69, 9.17) is 15.9 Å². The summed E-state index contributed by atoms with van der Waals surface area (Å²) in [6.07, 6.45) is 2.05. The highest BCUT2D eigenvalue weighted by atomic mass is 32.2. The van der Waals surface area contributed by atoms with Gasteiger partial charge in [0.25, 0.3) is 0 Å². The Hall–Kier alpha value is -2.38. The topological polar surface area (TPSA) is 199 Å². The highest BCUT2D eigenvalue weighted by molar-refractivity contribution is 7.98. The zero-order valence-corrected chi connectivity index (χ0v) is 17.4. The summed E-state index contributed by atoms with van der Waals surface area (Å²) in [5, 5.41) is 31.9. The molecular formula is C17H28N4O8S. The minimum absolute atomic E-state index is 0.193. The van der Waals surface area contributed by atoms with Crippen molar-refractivity contribution in [3.05, 3.63) is 0 Å². The van der Waals surface area contributed by atoms with Gasteiger partial charge in [-0.15, -0.1) is 0 Å². The molecule has 7 N–H and O–H groups in total. The molecule has 0 aromatic heterocycles. The third-order valence-electron chi connectivity index (χ3n) is 4.59. The summed E-state index contributed by atoms with van der Waals surface area (Å²) >= 11 is 1.41. The van der Waals surface area contributed by atoms with Crippen molar-refractivity contribution in [1.29, 1.82) is 0 Å². The molecule has 30 heavy (non-hydrogen) atoms. The number of amides is 3. The lowest BCUT2D eigenvalue weighted by Crippen LogP contribution is -2.58. The van der Waals surface area contributed by atoms with Crippen LogP contribution < -0.4 is 16.4 Å². The summed E-state index contributed by atoms with van der Waals surface area (Å²) in [6, 6.07) is -4.93. The van der Waals surface area contributed by atoms with Crippen LogP contribution in [0, 0.1) is 0 Å². The van der Waals surface area contributed by atoms with Crippen LogP contribution in [-0.4, -0.2) is 99.2 Å². The fourth-order valence-corrected chi connectivity index (χ4v) is 3.47. The number of likely N-dealkylation sites (tertiary alicyclic amines) is 1. The fraction of sp³-hybridized carbons (Fsp3) is 0.706. The lowest BCUT2D eigenvalue weighted by atomic mass is 10.1. The van der Waals surface area contributed by atoms with Crippen LogP contribution in [0.15, 0.2) is 0 Å². The quantitative estimate of drug-likeness (QED) is 0.187. The molecular weight excluding hydrogens is 420 g/mol. The van der Waals surface area contributed by atoms with Crippen molar-refractivity contribution < 1.29 is 39.3 Å². The molecule has 0 spiro atoms. The Morgan fingerprint density at radius 1 is 1.13 bits per heavy atom. The smallest absolute Gasteiger partial charge is 0.326 e. The molecule has 1 saturated heterocycles. The van der Waals surface area contributed by atoms with E-state index >= 15 is 0 Å². The van der Waals surface area contributed by atoms with E-state index in [1.807, 2.05) is 0 Å². The van der Waals surface area contributed by atoms with E-state index < -0.39 is 66.9 Å². The molecule has 0 aliphatic carbocycles. The Morgan fingerprint density at radius 2 is 1.77 bits per heavy atom. The zero-order chi connectivity index (χ0) is 22.8. The monoisotopic (exact) mass is 448 g/mol. The minimum atomic E-state index is -1.52. The van der Waals surface area contributed by atoms with Crippen molar-refractivity contribution in [2.24, 2.45) is 5.73 Å². The van der Waals surface area contributed by atoms with Crippen LogP contribution in [-0.2, 0) is 24.0 Å². The number of aliphatic carboxylic acids is 2. The van der Waals surface area contributed by atoms with Crippen LogP contribution in [0.1, 0.15) is 25.7 Å². The molecule has 0 saturated carbocycles. The highest BCUT2D eigenvalue weighted by Crippen LogP contribution is 2.19. The fourth-order valence-electron chi connectivity index (χ4n) is 3.00. The predicted octanol–water partition coefficient (Wildman–Crippen LogP) is -2.42. The molecule has 170 valence electrons. The lowest BCUT2D eigenvalue weighted by Gasteiger charge is -2.28. The summed E-state index contributed by atoms with van der Waals surface area (Å²) in [7, 11) is 0. The van der Waals surface area contributed by atoms with E-state index in [1.54, 1.807) is 6.26 Å². The third kappa shape index (κ3) is 7.46. The number of carbonyl (C=O) groups is 5. The van der Waals surface area contributed by atoms with Crippen LogP contribution in [0.25, 0.3) is 0 Å². The second-order valence-electron chi connectivity index (χ2n) is 6.82. The average Bonchev–Trinajstić information content (AvgIpc) is 3.18. The molecule has 3 amide bonds. The van der Waals surface area contributed by atoms with Crippen molar-refractivity contribution >= 4 is 41.4 Å². The van der Waals surface area contributed by atoms with Crippen LogP contribution in [0.5, 0.6) is 0 Å².